The SMILES string of the molecule is Cc1cc(C)nc(-c2ccc3c(c2)oc2cc(F)ccc23)c1. The maximum absolute atomic E-state index is 13.3. The van der Waals surface area contributed by atoms with Crippen molar-refractivity contribution in [1.82, 2.24) is 4.98 Å². The highest BCUT2D eigenvalue weighted by atomic mass is 19.1. The largest absolute Gasteiger partial charge is 0.456 e. The molecule has 2 heterocycles. The summed E-state index contributed by atoms with van der Waals surface area (Å²) in [5, 5.41) is 1.92. The first-order valence-corrected chi connectivity index (χ1v) is 7.18. The molecule has 0 fully saturated rings. The van der Waals surface area contributed by atoms with Crippen LogP contribution in [0.25, 0.3) is 33.2 Å². The number of hydrogen-bond acceptors (Lipinski definition) is 2. The minimum atomic E-state index is -0.289. The van der Waals surface area contributed by atoms with E-state index in [-0.39, 0.29) is 5.82 Å². The molecule has 0 aliphatic rings. The second-order valence-electron chi connectivity index (χ2n) is 5.62. The van der Waals surface area contributed by atoms with Crippen molar-refractivity contribution >= 4 is 21.9 Å². The van der Waals surface area contributed by atoms with Gasteiger partial charge in [-0.25, -0.2) is 4.39 Å². The third-order valence-electron chi connectivity index (χ3n) is 3.83. The average molecular weight is 291 g/mol. The molecular formula is C19H14FNO. The van der Waals surface area contributed by atoms with Crippen LogP contribution in [-0.2, 0) is 0 Å². The molecule has 0 amide bonds. The van der Waals surface area contributed by atoms with Gasteiger partial charge < -0.3 is 4.42 Å². The van der Waals surface area contributed by atoms with Gasteiger partial charge in [0.1, 0.15) is 17.0 Å². The Morgan fingerprint density at radius 3 is 2.36 bits per heavy atom. The Morgan fingerprint density at radius 2 is 1.59 bits per heavy atom. The van der Waals surface area contributed by atoms with Gasteiger partial charge in [-0.3, -0.25) is 4.98 Å². The minimum Gasteiger partial charge on any atom is -0.456 e. The van der Waals surface area contributed by atoms with Crippen molar-refractivity contribution < 1.29 is 8.81 Å². The number of pyridine rings is 1. The molecule has 0 saturated carbocycles. The van der Waals surface area contributed by atoms with Crippen LogP contribution in [0.4, 0.5) is 4.39 Å². The number of rotatable bonds is 1. The van der Waals surface area contributed by atoms with Gasteiger partial charge in [-0.1, -0.05) is 6.07 Å². The smallest absolute Gasteiger partial charge is 0.138 e. The Hall–Kier alpha value is -2.68. The van der Waals surface area contributed by atoms with Gasteiger partial charge in [-0.05, 0) is 55.8 Å². The molecule has 2 aromatic heterocycles. The van der Waals surface area contributed by atoms with Crippen LogP contribution in [0.1, 0.15) is 11.3 Å². The highest BCUT2D eigenvalue weighted by molar-refractivity contribution is 6.05. The highest BCUT2D eigenvalue weighted by Gasteiger charge is 2.10. The first kappa shape index (κ1) is 13.0. The summed E-state index contributed by atoms with van der Waals surface area (Å²) in [5.41, 5.74) is 5.40. The van der Waals surface area contributed by atoms with Gasteiger partial charge in [0.25, 0.3) is 0 Å². The molecule has 0 bridgehead atoms. The maximum Gasteiger partial charge on any atom is 0.138 e. The molecule has 4 rings (SSSR count). The number of hydrogen-bond donors (Lipinski definition) is 0. The molecule has 2 aromatic carbocycles. The Labute approximate surface area is 127 Å². The quantitative estimate of drug-likeness (QED) is 0.469. The average Bonchev–Trinajstić information content (AvgIpc) is 2.82. The van der Waals surface area contributed by atoms with E-state index in [0.29, 0.717) is 5.58 Å². The lowest BCUT2D eigenvalue weighted by molar-refractivity contribution is 0.618. The fourth-order valence-electron chi connectivity index (χ4n) is 2.90. The van der Waals surface area contributed by atoms with Gasteiger partial charge in [-0.2, -0.15) is 0 Å². The van der Waals surface area contributed by atoms with Crippen molar-refractivity contribution in [3.63, 3.8) is 0 Å². The molecular weight excluding hydrogens is 277 g/mol. The molecule has 3 heteroatoms. The first-order chi connectivity index (χ1) is 10.6. The second kappa shape index (κ2) is 4.67. The standard InChI is InChI=1S/C19H14FNO/c1-11-7-12(2)21-17(8-11)13-3-5-15-16-6-4-14(20)10-19(16)22-18(15)9-13/h3-10H,1-2H3. The molecule has 0 unspecified atom stereocenters. The third-order valence-corrected chi connectivity index (χ3v) is 3.83. The van der Waals surface area contributed by atoms with Crippen LogP contribution < -0.4 is 0 Å². The summed E-state index contributed by atoms with van der Waals surface area (Å²) in [4.78, 5) is 4.58. The molecule has 0 aliphatic carbocycles. The summed E-state index contributed by atoms with van der Waals surface area (Å²) in [5.74, 6) is -0.289. The number of halogens is 1. The second-order valence-corrected chi connectivity index (χ2v) is 5.62. The van der Waals surface area contributed by atoms with E-state index in [4.69, 9.17) is 4.42 Å². The normalized spacial score (nSPS) is 11.4. The summed E-state index contributed by atoms with van der Waals surface area (Å²) in [6, 6.07) is 14.7. The summed E-state index contributed by atoms with van der Waals surface area (Å²) < 4.78 is 19.1. The zero-order valence-corrected chi connectivity index (χ0v) is 12.4. The Balaban J connectivity index is 1.95. The topological polar surface area (TPSA) is 26.0 Å². The van der Waals surface area contributed by atoms with Crippen molar-refractivity contribution in [2.75, 3.05) is 0 Å². The number of furan rings is 1. The fraction of sp³-hybridized carbons (Fsp3) is 0.105. The van der Waals surface area contributed by atoms with Gasteiger partial charge in [0, 0.05) is 28.1 Å². The van der Waals surface area contributed by atoms with E-state index < -0.39 is 0 Å². The fourth-order valence-corrected chi connectivity index (χ4v) is 2.90. The van der Waals surface area contributed by atoms with Gasteiger partial charge in [0.05, 0.1) is 5.69 Å². The molecule has 0 N–H and O–H groups in total. The van der Waals surface area contributed by atoms with E-state index in [1.807, 2.05) is 31.2 Å². The maximum atomic E-state index is 13.3. The monoisotopic (exact) mass is 291 g/mol. The highest BCUT2D eigenvalue weighted by Crippen LogP contribution is 2.32. The van der Waals surface area contributed by atoms with E-state index in [1.54, 1.807) is 6.07 Å². The van der Waals surface area contributed by atoms with E-state index in [9.17, 15) is 4.39 Å². The number of aryl methyl sites for hydroxylation is 2. The number of benzene rings is 2. The summed E-state index contributed by atoms with van der Waals surface area (Å²) >= 11 is 0. The summed E-state index contributed by atoms with van der Waals surface area (Å²) in [7, 11) is 0. The molecule has 2 nitrogen and oxygen atoms in total. The zero-order valence-electron chi connectivity index (χ0n) is 12.4. The molecule has 4 aromatic rings. The number of fused-ring (bicyclic) bond motifs is 3. The number of nitrogens with zero attached hydrogens (tertiary/aromatic N) is 1. The van der Waals surface area contributed by atoms with Crippen LogP contribution in [0.2, 0.25) is 0 Å². The minimum absolute atomic E-state index is 0.289. The molecule has 22 heavy (non-hydrogen) atoms. The predicted octanol–water partition coefficient (Wildman–Crippen LogP) is 5.40. The van der Waals surface area contributed by atoms with E-state index >= 15 is 0 Å². The van der Waals surface area contributed by atoms with Crippen LogP contribution in [0.5, 0.6) is 0 Å². The van der Waals surface area contributed by atoms with Gasteiger partial charge in [-0.15, -0.1) is 0 Å². The first-order valence-electron chi connectivity index (χ1n) is 7.18. The lowest BCUT2D eigenvalue weighted by Gasteiger charge is -2.04. The Morgan fingerprint density at radius 1 is 0.864 bits per heavy atom. The van der Waals surface area contributed by atoms with Crippen LogP contribution in [0.3, 0.4) is 0 Å². The van der Waals surface area contributed by atoms with Gasteiger partial charge in [0.2, 0.25) is 0 Å². The lowest BCUT2D eigenvalue weighted by atomic mass is 10.1. The van der Waals surface area contributed by atoms with E-state index in [2.05, 4.69) is 18.0 Å². The van der Waals surface area contributed by atoms with Gasteiger partial charge >= 0.3 is 0 Å². The molecule has 0 atom stereocenters. The molecule has 0 aliphatic heterocycles. The Kier molecular flexibility index (Phi) is 2.76. The van der Waals surface area contributed by atoms with Crippen LogP contribution in [-0.4, -0.2) is 4.98 Å². The van der Waals surface area contributed by atoms with Crippen molar-refractivity contribution in [1.29, 1.82) is 0 Å². The molecule has 108 valence electrons. The van der Waals surface area contributed by atoms with Crippen molar-refractivity contribution in [2.45, 2.75) is 13.8 Å². The Bertz CT molecular complexity index is 996. The lowest BCUT2D eigenvalue weighted by Crippen LogP contribution is -1.88. The van der Waals surface area contributed by atoms with E-state index in [0.717, 1.165) is 33.3 Å². The van der Waals surface area contributed by atoms with Gasteiger partial charge in [0.15, 0.2) is 0 Å². The van der Waals surface area contributed by atoms with Crippen molar-refractivity contribution in [3.8, 4) is 11.3 Å². The third kappa shape index (κ3) is 2.06. The zero-order chi connectivity index (χ0) is 15.3. The van der Waals surface area contributed by atoms with Crippen LogP contribution in [0, 0.1) is 19.7 Å². The summed E-state index contributed by atoms with van der Waals surface area (Å²) in [6.07, 6.45) is 0. The van der Waals surface area contributed by atoms with Crippen molar-refractivity contribution in [2.24, 2.45) is 0 Å². The molecule has 0 saturated heterocycles. The molecule has 0 spiro atoms. The summed E-state index contributed by atoms with van der Waals surface area (Å²) in [6.45, 7) is 4.04. The predicted molar refractivity (Wildman–Crippen MR) is 86.4 cm³/mol. The van der Waals surface area contributed by atoms with E-state index in [1.165, 1.54) is 17.7 Å². The number of aromatic nitrogens is 1. The molecule has 0 radical (unpaired) electrons. The van der Waals surface area contributed by atoms with Crippen molar-refractivity contribution in [3.05, 3.63) is 65.6 Å². The van der Waals surface area contributed by atoms with Crippen LogP contribution >= 0.6 is 0 Å². The van der Waals surface area contributed by atoms with Crippen LogP contribution in [0.15, 0.2) is 52.9 Å².